The van der Waals surface area contributed by atoms with E-state index < -0.39 is 23.9 Å². The Balaban J connectivity index is 1.84. The molecule has 0 amide bonds. The lowest BCUT2D eigenvalue weighted by molar-refractivity contribution is -0.138. The zero-order valence-electron chi connectivity index (χ0n) is 12.9. The third-order valence-electron chi connectivity index (χ3n) is 4.37. The maximum Gasteiger partial charge on any atom is 0.416 e. The Morgan fingerprint density at radius 1 is 1.20 bits per heavy atom. The van der Waals surface area contributed by atoms with Gasteiger partial charge in [0.15, 0.2) is 5.82 Å². The summed E-state index contributed by atoms with van der Waals surface area (Å²) in [4.78, 5) is 5.94. The fourth-order valence-electron chi connectivity index (χ4n) is 3.34. The molecule has 0 aliphatic carbocycles. The average Bonchev–Trinajstić information content (AvgIpc) is 3.20. The maximum atomic E-state index is 13.4. The molecule has 0 saturated carbocycles. The monoisotopic (exact) mass is 349 g/mol. The molecule has 0 spiro atoms. The van der Waals surface area contributed by atoms with E-state index in [2.05, 4.69) is 15.2 Å². The van der Waals surface area contributed by atoms with Gasteiger partial charge < -0.3 is 10.0 Å². The number of benzene rings is 1. The first-order valence-corrected chi connectivity index (χ1v) is 7.70. The molecule has 130 valence electrons. The van der Waals surface area contributed by atoms with Gasteiger partial charge >= 0.3 is 6.18 Å². The highest BCUT2D eigenvalue weighted by atomic mass is 19.4. The highest BCUT2D eigenvalue weighted by Crippen LogP contribution is 2.42. The molecule has 25 heavy (non-hydrogen) atoms. The Morgan fingerprint density at radius 3 is 2.80 bits per heavy atom. The first-order chi connectivity index (χ1) is 11.9. The molecule has 3 aromatic rings. The van der Waals surface area contributed by atoms with Gasteiger partial charge in [-0.2, -0.15) is 13.2 Å². The topological polar surface area (TPSA) is 66.5 Å². The molecule has 1 aliphatic rings. The van der Waals surface area contributed by atoms with Crippen molar-refractivity contribution in [2.45, 2.75) is 24.7 Å². The number of fused-ring (bicyclic) bond motifs is 1. The molecule has 0 unspecified atom stereocenters. The summed E-state index contributed by atoms with van der Waals surface area (Å²) in [5.41, 5.74) is -0.145. The quantitative estimate of drug-likeness (QED) is 0.770. The van der Waals surface area contributed by atoms with Gasteiger partial charge in [0, 0.05) is 18.9 Å². The van der Waals surface area contributed by atoms with Gasteiger partial charge in [0.2, 0.25) is 5.65 Å². The predicted molar refractivity (Wildman–Crippen MR) is 82.9 cm³/mol. The third kappa shape index (κ3) is 2.70. The van der Waals surface area contributed by atoms with Gasteiger partial charge in [-0.25, -0.2) is 4.98 Å². The molecule has 9 heteroatoms. The number of hydrogen-bond acceptors (Lipinski definition) is 5. The van der Waals surface area contributed by atoms with Gasteiger partial charge in [0.25, 0.3) is 0 Å². The van der Waals surface area contributed by atoms with E-state index in [1.807, 2.05) is 0 Å². The molecule has 1 fully saturated rings. The molecule has 2 aromatic heterocycles. The van der Waals surface area contributed by atoms with E-state index in [-0.39, 0.29) is 18.5 Å². The summed E-state index contributed by atoms with van der Waals surface area (Å²) < 4.78 is 41.9. The standard InChI is InChI=1S/C16H14F3N5O/c17-16(18,19)12-4-2-1-3-11(12)13-7-10(25)8-24(13)14-15-22-21-9-23(15)6-5-20-14/h1-6,9-10,13,25H,7-8H2/t10-,13-/m0/s1. The summed E-state index contributed by atoms with van der Waals surface area (Å²) in [7, 11) is 0. The number of alkyl halides is 3. The molecule has 3 heterocycles. The minimum absolute atomic E-state index is 0.120. The van der Waals surface area contributed by atoms with E-state index >= 15 is 0 Å². The van der Waals surface area contributed by atoms with Crippen LogP contribution >= 0.6 is 0 Å². The minimum Gasteiger partial charge on any atom is -0.391 e. The second-order valence-corrected chi connectivity index (χ2v) is 5.96. The molecule has 1 saturated heterocycles. The van der Waals surface area contributed by atoms with Gasteiger partial charge in [-0.1, -0.05) is 18.2 Å². The summed E-state index contributed by atoms with van der Waals surface area (Å²) in [5, 5.41) is 17.9. The van der Waals surface area contributed by atoms with Crippen LogP contribution in [0, 0.1) is 0 Å². The lowest BCUT2D eigenvalue weighted by Gasteiger charge is -2.27. The lowest BCUT2D eigenvalue weighted by Crippen LogP contribution is -2.27. The summed E-state index contributed by atoms with van der Waals surface area (Å²) >= 11 is 0. The van der Waals surface area contributed by atoms with Crippen LogP contribution in [-0.4, -0.2) is 37.3 Å². The van der Waals surface area contributed by atoms with Crippen LogP contribution in [0.25, 0.3) is 5.65 Å². The molecule has 6 nitrogen and oxygen atoms in total. The summed E-state index contributed by atoms with van der Waals surface area (Å²) in [6, 6.07) is 4.78. The van der Waals surface area contributed by atoms with Crippen molar-refractivity contribution in [3.05, 3.63) is 54.1 Å². The summed E-state index contributed by atoms with van der Waals surface area (Å²) in [6.45, 7) is 0.177. The van der Waals surface area contributed by atoms with E-state index in [1.54, 1.807) is 21.6 Å². The number of nitrogens with zero attached hydrogens (tertiary/aromatic N) is 5. The number of aliphatic hydroxyl groups excluding tert-OH is 1. The van der Waals surface area contributed by atoms with E-state index in [0.29, 0.717) is 11.5 Å². The van der Waals surface area contributed by atoms with Crippen LogP contribution < -0.4 is 4.90 Å². The van der Waals surface area contributed by atoms with E-state index in [9.17, 15) is 18.3 Å². The largest absolute Gasteiger partial charge is 0.416 e. The van der Waals surface area contributed by atoms with Crippen LogP contribution in [0.1, 0.15) is 23.6 Å². The van der Waals surface area contributed by atoms with Crippen molar-refractivity contribution in [3.8, 4) is 0 Å². The Morgan fingerprint density at radius 2 is 2.00 bits per heavy atom. The van der Waals surface area contributed by atoms with Gasteiger partial charge in [0.05, 0.1) is 17.7 Å². The number of hydrogen-bond donors (Lipinski definition) is 1. The van der Waals surface area contributed by atoms with Crippen LogP contribution in [-0.2, 0) is 6.18 Å². The molecule has 0 bridgehead atoms. The van der Waals surface area contributed by atoms with E-state index in [4.69, 9.17) is 0 Å². The van der Waals surface area contributed by atoms with Crippen molar-refractivity contribution in [2.24, 2.45) is 0 Å². The fraction of sp³-hybridized carbons (Fsp3) is 0.312. The van der Waals surface area contributed by atoms with Gasteiger partial charge in [0.1, 0.15) is 6.33 Å². The average molecular weight is 349 g/mol. The highest BCUT2D eigenvalue weighted by molar-refractivity contribution is 5.65. The highest BCUT2D eigenvalue weighted by Gasteiger charge is 2.40. The minimum atomic E-state index is -4.47. The lowest BCUT2D eigenvalue weighted by atomic mass is 9.97. The second kappa shape index (κ2) is 5.69. The van der Waals surface area contributed by atoms with Crippen LogP contribution in [0.4, 0.5) is 19.0 Å². The Labute approximate surface area is 140 Å². The molecular formula is C16H14F3N5O. The number of β-amino-alcohol motifs (C(OH)–C–C–N with tert-alkyl or cyclic N) is 1. The van der Waals surface area contributed by atoms with Crippen molar-refractivity contribution < 1.29 is 18.3 Å². The van der Waals surface area contributed by atoms with Crippen LogP contribution in [0.3, 0.4) is 0 Å². The smallest absolute Gasteiger partial charge is 0.391 e. The van der Waals surface area contributed by atoms with Gasteiger partial charge in [-0.15, -0.1) is 10.2 Å². The first-order valence-electron chi connectivity index (χ1n) is 7.70. The third-order valence-corrected chi connectivity index (χ3v) is 4.37. The van der Waals surface area contributed by atoms with Crippen molar-refractivity contribution in [2.75, 3.05) is 11.4 Å². The zero-order valence-corrected chi connectivity index (χ0v) is 12.9. The van der Waals surface area contributed by atoms with Crippen LogP contribution in [0.15, 0.2) is 43.0 Å². The molecule has 1 aromatic carbocycles. The first kappa shape index (κ1) is 15.8. The van der Waals surface area contributed by atoms with Crippen LogP contribution in [0.2, 0.25) is 0 Å². The summed E-state index contributed by atoms with van der Waals surface area (Å²) in [6.07, 6.45) is -0.358. The molecule has 1 N–H and O–H groups in total. The Kier molecular flexibility index (Phi) is 3.60. The number of aromatic nitrogens is 4. The van der Waals surface area contributed by atoms with Crippen molar-refractivity contribution in [3.63, 3.8) is 0 Å². The molecule has 0 radical (unpaired) electrons. The molecular weight excluding hydrogens is 335 g/mol. The Hall–Kier alpha value is -2.68. The Bertz CT molecular complexity index is 910. The van der Waals surface area contributed by atoms with E-state index in [0.717, 1.165) is 6.07 Å². The maximum absolute atomic E-state index is 13.4. The predicted octanol–water partition coefficient (Wildman–Crippen LogP) is 2.46. The number of anilines is 1. The van der Waals surface area contributed by atoms with Crippen molar-refractivity contribution in [1.82, 2.24) is 19.6 Å². The molecule has 1 aliphatic heterocycles. The molecule has 2 atom stereocenters. The van der Waals surface area contributed by atoms with Gasteiger partial charge in [-0.05, 0) is 18.1 Å². The van der Waals surface area contributed by atoms with Crippen LogP contribution in [0.5, 0.6) is 0 Å². The second-order valence-electron chi connectivity index (χ2n) is 5.96. The fourth-order valence-corrected chi connectivity index (χ4v) is 3.34. The van der Waals surface area contributed by atoms with Gasteiger partial charge in [-0.3, -0.25) is 4.40 Å². The number of rotatable bonds is 2. The normalized spacial score (nSPS) is 21.2. The zero-order chi connectivity index (χ0) is 17.6. The van der Waals surface area contributed by atoms with Crippen molar-refractivity contribution in [1.29, 1.82) is 0 Å². The molecule has 4 rings (SSSR count). The van der Waals surface area contributed by atoms with Crippen molar-refractivity contribution >= 4 is 11.5 Å². The number of aliphatic hydroxyl groups is 1. The number of halogens is 3. The SMILES string of the molecule is O[C@H]1C[C@@H](c2ccccc2C(F)(F)F)N(c2nccn3cnnc23)C1. The summed E-state index contributed by atoms with van der Waals surface area (Å²) in [5.74, 6) is 0.401. The van der Waals surface area contributed by atoms with E-state index in [1.165, 1.54) is 24.7 Å².